The molecule has 13 aromatic carbocycles. The summed E-state index contributed by atoms with van der Waals surface area (Å²) in [6.45, 7) is 7.50. The van der Waals surface area contributed by atoms with E-state index in [2.05, 4.69) is 352 Å². The van der Waals surface area contributed by atoms with Crippen molar-refractivity contribution in [3.05, 3.63) is 377 Å². The van der Waals surface area contributed by atoms with Gasteiger partial charge in [-0.15, -0.1) is 0 Å². The van der Waals surface area contributed by atoms with E-state index in [0.717, 1.165) is 75.8 Å². The Labute approximate surface area is 575 Å². The second-order valence-corrected chi connectivity index (χ2v) is 26.8. The lowest BCUT2D eigenvalue weighted by atomic mass is 9.67. The molecule has 97 heavy (non-hydrogen) atoms. The Morgan fingerprint density at radius 2 is 0.773 bits per heavy atom. The van der Waals surface area contributed by atoms with Gasteiger partial charge in [0.1, 0.15) is 12.4 Å². The molecular weight excluding hydrogens is 1170 g/mol. The van der Waals surface area contributed by atoms with Crippen molar-refractivity contribution in [2.45, 2.75) is 102 Å². The number of hydrogen-bond acceptors (Lipinski definition) is 3. The van der Waals surface area contributed by atoms with E-state index in [1.165, 1.54) is 122 Å². The number of fused-ring (bicyclic) bond motifs is 4. The predicted molar refractivity (Wildman–Crippen MR) is 408 cm³/mol. The Hall–Kier alpha value is -10.7. The molecule has 3 heteroatoms. The summed E-state index contributed by atoms with van der Waals surface area (Å²) in [6.07, 6.45) is 10.6. The van der Waals surface area contributed by atoms with E-state index in [1.54, 1.807) is 0 Å². The molecular formula is C94H84N2O. The van der Waals surface area contributed by atoms with Crippen LogP contribution in [0.25, 0.3) is 44.5 Å². The Morgan fingerprint density at radius 1 is 0.361 bits per heavy atom. The SMILES string of the molecule is CCCCCCc1ccc(C2(c3ccc(OCc4ccc(C(CC)CC(C)c5ccc(-c6ccc7c(c6)CC7)cc5)cc4)cc3)c3ccc(-c4ccc(N(c5ccccc5)c5ccccc5)cc4)cc3-c3cc(-c4ccc(N(c5ccccc5)c5ccccc5)cc4)ccc32)cc1. The van der Waals surface area contributed by atoms with Crippen molar-refractivity contribution in [1.29, 1.82) is 0 Å². The van der Waals surface area contributed by atoms with Gasteiger partial charge in [0, 0.05) is 34.1 Å². The fraction of sp³-hybridized carbons (Fsp3) is 0.170. The minimum atomic E-state index is -0.637. The highest BCUT2D eigenvalue weighted by Gasteiger charge is 2.46. The molecule has 476 valence electrons. The predicted octanol–water partition coefficient (Wildman–Crippen LogP) is 25.5. The molecule has 13 aromatic rings. The summed E-state index contributed by atoms with van der Waals surface area (Å²) in [5, 5.41) is 0. The minimum absolute atomic E-state index is 0.449. The van der Waals surface area contributed by atoms with Crippen LogP contribution in [0.1, 0.15) is 127 Å². The maximum Gasteiger partial charge on any atom is 0.119 e. The van der Waals surface area contributed by atoms with E-state index >= 15 is 0 Å². The summed E-state index contributed by atoms with van der Waals surface area (Å²) in [4.78, 5) is 4.66. The smallest absolute Gasteiger partial charge is 0.119 e. The summed E-state index contributed by atoms with van der Waals surface area (Å²) in [5.74, 6) is 1.77. The molecule has 0 spiro atoms. The van der Waals surface area contributed by atoms with E-state index in [1.807, 2.05) is 0 Å². The lowest BCUT2D eigenvalue weighted by Crippen LogP contribution is -2.28. The third kappa shape index (κ3) is 12.9. The molecule has 15 rings (SSSR count). The van der Waals surface area contributed by atoms with Crippen molar-refractivity contribution in [3.63, 3.8) is 0 Å². The number of unbranched alkanes of at least 4 members (excludes halogenated alkanes) is 3. The van der Waals surface area contributed by atoms with Gasteiger partial charge in [0.25, 0.3) is 0 Å². The van der Waals surface area contributed by atoms with Crippen molar-refractivity contribution in [1.82, 2.24) is 0 Å². The normalized spacial score (nSPS) is 13.1. The molecule has 2 aliphatic rings. The number of aryl methyl sites for hydroxylation is 3. The third-order valence-electron chi connectivity index (χ3n) is 20.8. The molecule has 2 unspecified atom stereocenters. The first-order chi connectivity index (χ1) is 47.9. The van der Waals surface area contributed by atoms with Crippen LogP contribution in [0, 0.1) is 0 Å². The maximum atomic E-state index is 6.73. The van der Waals surface area contributed by atoms with Crippen LogP contribution in [-0.2, 0) is 31.3 Å². The molecule has 0 saturated heterocycles. The highest BCUT2D eigenvalue weighted by molar-refractivity contribution is 5.92. The first-order valence-corrected chi connectivity index (χ1v) is 35.3. The van der Waals surface area contributed by atoms with Gasteiger partial charge in [-0.3, -0.25) is 0 Å². The summed E-state index contributed by atoms with van der Waals surface area (Å²) < 4.78 is 6.73. The maximum absolute atomic E-state index is 6.73. The van der Waals surface area contributed by atoms with Crippen LogP contribution in [0.15, 0.2) is 322 Å². The van der Waals surface area contributed by atoms with Gasteiger partial charge < -0.3 is 14.5 Å². The lowest BCUT2D eigenvalue weighted by Gasteiger charge is -2.34. The van der Waals surface area contributed by atoms with Crippen molar-refractivity contribution in [2.75, 3.05) is 9.80 Å². The number of anilines is 6. The van der Waals surface area contributed by atoms with Crippen LogP contribution in [0.2, 0.25) is 0 Å². The largest absolute Gasteiger partial charge is 0.489 e. The molecule has 0 radical (unpaired) electrons. The van der Waals surface area contributed by atoms with Crippen molar-refractivity contribution < 1.29 is 4.74 Å². The number of ether oxygens (including phenoxy) is 1. The number of hydrogen-bond donors (Lipinski definition) is 0. The highest BCUT2D eigenvalue weighted by Crippen LogP contribution is 2.58. The van der Waals surface area contributed by atoms with Crippen LogP contribution >= 0.6 is 0 Å². The Bertz CT molecular complexity index is 4500. The zero-order valence-corrected chi connectivity index (χ0v) is 56.1. The van der Waals surface area contributed by atoms with E-state index in [4.69, 9.17) is 4.74 Å². The Balaban J connectivity index is 0.759. The molecule has 0 fully saturated rings. The van der Waals surface area contributed by atoms with Gasteiger partial charge >= 0.3 is 0 Å². The van der Waals surface area contributed by atoms with Gasteiger partial charge in [0.15, 0.2) is 0 Å². The van der Waals surface area contributed by atoms with Crippen LogP contribution in [0.4, 0.5) is 34.1 Å². The van der Waals surface area contributed by atoms with E-state index in [9.17, 15) is 0 Å². The molecule has 0 aliphatic heterocycles. The molecule has 0 N–H and O–H groups in total. The first-order valence-electron chi connectivity index (χ1n) is 35.3. The summed E-state index contributed by atoms with van der Waals surface area (Å²) in [5.41, 5.74) is 29.2. The minimum Gasteiger partial charge on any atom is -0.489 e. The van der Waals surface area contributed by atoms with Crippen LogP contribution < -0.4 is 14.5 Å². The second-order valence-electron chi connectivity index (χ2n) is 26.8. The average Bonchev–Trinajstić information content (AvgIpc) is 1.50. The fourth-order valence-corrected chi connectivity index (χ4v) is 15.3. The van der Waals surface area contributed by atoms with Gasteiger partial charge in [-0.05, 0) is 248 Å². The Morgan fingerprint density at radius 3 is 1.23 bits per heavy atom. The number of nitrogens with zero attached hydrogens (tertiary/aromatic N) is 2. The molecule has 0 aromatic heterocycles. The second kappa shape index (κ2) is 28.3. The molecule has 3 nitrogen and oxygen atoms in total. The van der Waals surface area contributed by atoms with Gasteiger partial charge in [-0.25, -0.2) is 0 Å². The standard InChI is InChI=1S/C94H84N2O/c1-4-6-7-12-21-68-32-50-81(51-33-68)94(82-52-58-89(59-53-82)97-66-69-30-34-72(35-31-69)70(5-2)62-67(3)71-36-38-73(39-37-71)77-42-40-74-41-43-78(74)63-77)92-60-48-79(75-44-54-87(55-45-75)95(83-22-13-8-14-23-83)84-24-15-9-16-25-84)64-90(92)91-65-80(49-61-93(91)94)76-46-56-88(57-47-76)96(85-26-17-10-18-27-85)86-28-19-11-20-29-86/h8-11,13-20,22-40,42,44-61,63-65,67,70H,4-7,12,21,41,43,62,66H2,1-3H3. The molecule has 2 aliphatic carbocycles. The zero-order chi connectivity index (χ0) is 65.5. The molecule has 0 saturated carbocycles. The van der Waals surface area contributed by atoms with Gasteiger partial charge in [0.2, 0.25) is 0 Å². The average molecular weight is 1260 g/mol. The molecule has 0 amide bonds. The highest BCUT2D eigenvalue weighted by atomic mass is 16.5. The monoisotopic (exact) mass is 1260 g/mol. The van der Waals surface area contributed by atoms with Gasteiger partial charge in [-0.1, -0.05) is 264 Å². The number of benzene rings is 13. The van der Waals surface area contributed by atoms with Crippen molar-refractivity contribution in [3.8, 4) is 50.3 Å². The van der Waals surface area contributed by atoms with E-state index in [-0.39, 0.29) is 0 Å². The van der Waals surface area contributed by atoms with Crippen molar-refractivity contribution in [2.24, 2.45) is 0 Å². The summed E-state index contributed by atoms with van der Waals surface area (Å²) in [6, 6.07) is 120. The van der Waals surface area contributed by atoms with E-state index in [0.29, 0.717) is 18.4 Å². The summed E-state index contributed by atoms with van der Waals surface area (Å²) >= 11 is 0. The van der Waals surface area contributed by atoms with Gasteiger partial charge in [-0.2, -0.15) is 0 Å². The number of para-hydroxylation sites is 4. The topological polar surface area (TPSA) is 15.7 Å². The van der Waals surface area contributed by atoms with E-state index < -0.39 is 5.41 Å². The molecule has 0 bridgehead atoms. The molecule has 2 atom stereocenters. The quantitative estimate of drug-likeness (QED) is 0.0561. The lowest BCUT2D eigenvalue weighted by molar-refractivity contribution is 0.306. The number of rotatable bonds is 24. The fourth-order valence-electron chi connectivity index (χ4n) is 15.3. The summed E-state index contributed by atoms with van der Waals surface area (Å²) in [7, 11) is 0. The molecule has 0 heterocycles. The zero-order valence-electron chi connectivity index (χ0n) is 56.1. The van der Waals surface area contributed by atoms with Crippen molar-refractivity contribution >= 4 is 34.1 Å². The van der Waals surface area contributed by atoms with Gasteiger partial charge in [0.05, 0.1) is 5.41 Å². The first kappa shape index (κ1) is 62.4. The van der Waals surface area contributed by atoms with Crippen LogP contribution in [-0.4, -0.2) is 0 Å². The third-order valence-corrected chi connectivity index (χ3v) is 20.8. The van der Waals surface area contributed by atoms with Crippen LogP contribution in [0.5, 0.6) is 5.75 Å². The van der Waals surface area contributed by atoms with Crippen LogP contribution in [0.3, 0.4) is 0 Å². The Kier molecular flexibility index (Phi) is 18.2.